The Morgan fingerprint density at radius 2 is 2.24 bits per heavy atom. The minimum absolute atomic E-state index is 0.147. The van der Waals surface area contributed by atoms with Crippen LogP contribution in [0.25, 0.3) is 11.0 Å². The molecule has 1 unspecified atom stereocenters. The third kappa shape index (κ3) is 2.29. The van der Waals surface area contributed by atoms with Gasteiger partial charge in [-0.15, -0.1) is 0 Å². The minimum atomic E-state index is -0.951. The van der Waals surface area contributed by atoms with E-state index in [1.165, 1.54) is 0 Å². The van der Waals surface area contributed by atoms with Crippen LogP contribution < -0.4 is 0 Å². The molecule has 0 saturated heterocycles. The molecule has 0 spiro atoms. The second kappa shape index (κ2) is 5.05. The maximum absolute atomic E-state index is 11.3. The van der Waals surface area contributed by atoms with Crippen LogP contribution in [0.5, 0.6) is 0 Å². The molecule has 108 valence electrons. The van der Waals surface area contributed by atoms with Crippen LogP contribution in [0.15, 0.2) is 36.9 Å². The summed E-state index contributed by atoms with van der Waals surface area (Å²) < 4.78 is 4.07. The summed E-state index contributed by atoms with van der Waals surface area (Å²) >= 11 is 0. The van der Waals surface area contributed by atoms with E-state index in [0.29, 0.717) is 5.52 Å². The second-order valence-electron chi connectivity index (χ2n) is 5.12. The predicted molar refractivity (Wildman–Crippen MR) is 78.4 cm³/mol. The Kier molecular flexibility index (Phi) is 3.21. The first-order chi connectivity index (χ1) is 10.1. The molecule has 2 heterocycles. The number of benzene rings is 1. The highest BCUT2D eigenvalue weighted by Gasteiger charge is 2.18. The van der Waals surface area contributed by atoms with E-state index in [-0.39, 0.29) is 11.6 Å². The SMILES string of the molecule is Cc1nc2c(C(=O)O)cccc2n1C(C)Cn1ccnc1. The van der Waals surface area contributed by atoms with E-state index in [9.17, 15) is 9.90 Å². The average Bonchev–Trinajstić information content (AvgIpc) is 3.03. The smallest absolute Gasteiger partial charge is 0.337 e. The Hall–Kier alpha value is -2.63. The largest absolute Gasteiger partial charge is 0.478 e. The van der Waals surface area contributed by atoms with Crippen LogP contribution in [-0.2, 0) is 6.54 Å². The van der Waals surface area contributed by atoms with Crippen molar-refractivity contribution in [1.82, 2.24) is 19.1 Å². The number of hydrogen-bond donors (Lipinski definition) is 1. The van der Waals surface area contributed by atoms with Crippen molar-refractivity contribution in [3.63, 3.8) is 0 Å². The molecule has 0 aliphatic carbocycles. The molecular weight excluding hydrogens is 268 g/mol. The quantitative estimate of drug-likeness (QED) is 0.799. The van der Waals surface area contributed by atoms with Crippen LogP contribution >= 0.6 is 0 Å². The fourth-order valence-electron chi connectivity index (χ4n) is 2.74. The first kappa shape index (κ1) is 13.4. The molecule has 0 amide bonds. The highest BCUT2D eigenvalue weighted by molar-refractivity contribution is 6.01. The van der Waals surface area contributed by atoms with Crippen LogP contribution in [0.3, 0.4) is 0 Å². The summed E-state index contributed by atoms with van der Waals surface area (Å²) in [6.45, 7) is 4.74. The summed E-state index contributed by atoms with van der Waals surface area (Å²) in [5.41, 5.74) is 1.63. The van der Waals surface area contributed by atoms with Crippen molar-refractivity contribution in [2.24, 2.45) is 0 Å². The van der Waals surface area contributed by atoms with Crippen molar-refractivity contribution in [2.75, 3.05) is 0 Å². The summed E-state index contributed by atoms with van der Waals surface area (Å²) in [5.74, 6) is -0.140. The van der Waals surface area contributed by atoms with Gasteiger partial charge in [0.15, 0.2) is 0 Å². The van der Waals surface area contributed by atoms with Gasteiger partial charge in [0.1, 0.15) is 11.3 Å². The van der Waals surface area contributed by atoms with Crippen LogP contribution in [0.2, 0.25) is 0 Å². The Balaban J connectivity index is 2.08. The molecule has 0 aliphatic heterocycles. The second-order valence-corrected chi connectivity index (χ2v) is 5.12. The summed E-state index contributed by atoms with van der Waals surface area (Å²) in [4.78, 5) is 19.8. The van der Waals surface area contributed by atoms with Gasteiger partial charge in [0.25, 0.3) is 0 Å². The molecule has 0 bridgehead atoms. The summed E-state index contributed by atoms with van der Waals surface area (Å²) in [6, 6.07) is 5.40. The number of fused-ring (bicyclic) bond motifs is 1. The fourth-order valence-corrected chi connectivity index (χ4v) is 2.74. The molecule has 0 saturated carbocycles. The number of carbonyl (C=O) groups is 1. The minimum Gasteiger partial charge on any atom is -0.478 e. The number of aryl methyl sites for hydroxylation is 1. The van der Waals surface area contributed by atoms with Gasteiger partial charge < -0.3 is 14.2 Å². The number of hydrogen-bond acceptors (Lipinski definition) is 3. The van der Waals surface area contributed by atoms with Gasteiger partial charge in [0.05, 0.1) is 23.4 Å². The lowest BCUT2D eigenvalue weighted by molar-refractivity contribution is 0.0699. The number of para-hydroxylation sites is 1. The predicted octanol–water partition coefficient (Wildman–Crippen LogP) is 2.50. The normalized spacial score (nSPS) is 12.7. The Morgan fingerprint density at radius 3 is 2.90 bits per heavy atom. The first-order valence-corrected chi connectivity index (χ1v) is 6.74. The number of imidazole rings is 2. The monoisotopic (exact) mass is 284 g/mol. The third-order valence-corrected chi connectivity index (χ3v) is 3.60. The molecule has 2 aromatic heterocycles. The molecule has 3 rings (SSSR count). The van der Waals surface area contributed by atoms with Gasteiger partial charge in [-0.05, 0) is 26.0 Å². The highest BCUT2D eigenvalue weighted by Crippen LogP contribution is 2.24. The standard InChI is InChI=1S/C15H16N4O2/c1-10(8-18-7-6-16-9-18)19-11(2)17-14-12(15(20)21)4-3-5-13(14)19/h3-7,9-10H,8H2,1-2H3,(H,20,21). The Bertz CT molecular complexity index is 789. The highest BCUT2D eigenvalue weighted by atomic mass is 16.4. The summed E-state index contributed by atoms with van der Waals surface area (Å²) in [5, 5.41) is 9.27. The summed E-state index contributed by atoms with van der Waals surface area (Å²) in [6.07, 6.45) is 5.43. The van der Waals surface area contributed by atoms with Crippen LogP contribution in [0.4, 0.5) is 0 Å². The van der Waals surface area contributed by atoms with Gasteiger partial charge in [0.2, 0.25) is 0 Å². The molecule has 0 aliphatic rings. The third-order valence-electron chi connectivity index (χ3n) is 3.60. The molecular formula is C15H16N4O2. The van der Waals surface area contributed by atoms with Crippen LogP contribution in [0.1, 0.15) is 29.1 Å². The zero-order chi connectivity index (χ0) is 15.0. The van der Waals surface area contributed by atoms with Crippen molar-refractivity contribution in [3.05, 3.63) is 48.3 Å². The number of aromatic carboxylic acids is 1. The average molecular weight is 284 g/mol. The van der Waals surface area contributed by atoms with Crippen molar-refractivity contribution in [3.8, 4) is 0 Å². The zero-order valence-electron chi connectivity index (χ0n) is 11.9. The van der Waals surface area contributed by atoms with Gasteiger partial charge in [-0.3, -0.25) is 0 Å². The molecule has 0 fully saturated rings. The fraction of sp³-hybridized carbons (Fsp3) is 0.267. The van der Waals surface area contributed by atoms with Gasteiger partial charge in [0, 0.05) is 18.9 Å². The van der Waals surface area contributed by atoms with Crippen molar-refractivity contribution < 1.29 is 9.90 Å². The van der Waals surface area contributed by atoms with E-state index in [4.69, 9.17) is 0 Å². The molecule has 21 heavy (non-hydrogen) atoms. The van der Waals surface area contributed by atoms with E-state index >= 15 is 0 Å². The maximum Gasteiger partial charge on any atom is 0.337 e. The Labute approximate surface area is 121 Å². The van der Waals surface area contributed by atoms with E-state index in [0.717, 1.165) is 17.9 Å². The molecule has 6 nitrogen and oxygen atoms in total. The molecule has 1 atom stereocenters. The van der Waals surface area contributed by atoms with Gasteiger partial charge >= 0.3 is 5.97 Å². The molecule has 0 radical (unpaired) electrons. The molecule has 1 N–H and O–H groups in total. The van der Waals surface area contributed by atoms with E-state index < -0.39 is 5.97 Å². The summed E-state index contributed by atoms with van der Waals surface area (Å²) in [7, 11) is 0. The van der Waals surface area contributed by atoms with Gasteiger partial charge in [-0.2, -0.15) is 0 Å². The number of carboxylic acids is 1. The number of nitrogens with zero attached hydrogens (tertiary/aromatic N) is 4. The lowest BCUT2D eigenvalue weighted by atomic mass is 10.2. The van der Waals surface area contributed by atoms with E-state index in [1.54, 1.807) is 24.7 Å². The van der Waals surface area contributed by atoms with Crippen molar-refractivity contribution in [1.29, 1.82) is 0 Å². The first-order valence-electron chi connectivity index (χ1n) is 6.74. The molecule has 1 aromatic carbocycles. The number of aromatic nitrogens is 4. The molecule has 6 heteroatoms. The van der Waals surface area contributed by atoms with Crippen molar-refractivity contribution in [2.45, 2.75) is 26.4 Å². The lowest BCUT2D eigenvalue weighted by Gasteiger charge is -2.17. The zero-order valence-corrected chi connectivity index (χ0v) is 11.9. The lowest BCUT2D eigenvalue weighted by Crippen LogP contribution is -2.13. The van der Waals surface area contributed by atoms with Gasteiger partial charge in [-0.1, -0.05) is 6.07 Å². The number of rotatable bonds is 4. The van der Waals surface area contributed by atoms with E-state index in [1.807, 2.05) is 23.8 Å². The molecule has 3 aromatic rings. The number of carboxylic acid groups (broad SMARTS) is 1. The van der Waals surface area contributed by atoms with Crippen molar-refractivity contribution >= 4 is 17.0 Å². The van der Waals surface area contributed by atoms with Gasteiger partial charge in [-0.25, -0.2) is 14.8 Å². The Morgan fingerprint density at radius 1 is 1.43 bits per heavy atom. The topological polar surface area (TPSA) is 72.9 Å². The van der Waals surface area contributed by atoms with Crippen LogP contribution in [-0.4, -0.2) is 30.2 Å². The maximum atomic E-state index is 11.3. The van der Waals surface area contributed by atoms with E-state index in [2.05, 4.69) is 21.5 Å². The van der Waals surface area contributed by atoms with Crippen LogP contribution in [0, 0.1) is 6.92 Å².